The number of benzene rings is 2. The number of amides is 4. The molecule has 0 saturated carbocycles. The van der Waals surface area contributed by atoms with Gasteiger partial charge in [-0.05, 0) is 60.5 Å². The highest BCUT2D eigenvalue weighted by atomic mass is 79.9. The van der Waals surface area contributed by atoms with Crippen LogP contribution in [0.5, 0.6) is 0 Å². The number of ether oxygens (including phenoxy) is 2. The summed E-state index contributed by atoms with van der Waals surface area (Å²) in [6.45, 7) is 11.0. The quantitative estimate of drug-likeness (QED) is 0.118. The lowest BCUT2D eigenvalue weighted by Crippen LogP contribution is -2.36. The molecule has 0 unspecified atom stereocenters. The van der Waals surface area contributed by atoms with Crippen LogP contribution in [-0.2, 0) is 22.7 Å². The average Bonchev–Trinajstić information content (AvgIpc) is 3.98. The summed E-state index contributed by atoms with van der Waals surface area (Å²) in [6.07, 6.45) is 5.72. The molecule has 19 heteroatoms. The van der Waals surface area contributed by atoms with E-state index in [4.69, 9.17) is 38.3 Å². The number of nitrogens with two attached hydrogens (primary N) is 3. The minimum absolute atomic E-state index is 0.0155. The molecule has 4 aromatic heterocycles. The SMILES string of the molecule is CC1(C)CN(C(=O)OCc2ccccc2)C[C@H]1N.CC1(C)CN(C(=O)OCc2ccccc2)C[C@H]1Nc1c(C(N)=O)cnn2cc(Br)cc12.NC(=O)c1cnn2cc(Br)cc2c1Cl. The van der Waals surface area contributed by atoms with Gasteiger partial charge < -0.3 is 41.8 Å². The van der Waals surface area contributed by atoms with Crippen molar-refractivity contribution >= 4 is 84.2 Å². The number of carbonyl (C=O) groups excluding carboxylic acids is 4. The molecule has 6 aromatic rings. The fourth-order valence-electron chi connectivity index (χ4n) is 7.14. The molecule has 332 valence electrons. The molecule has 0 bridgehead atoms. The van der Waals surface area contributed by atoms with E-state index in [0.29, 0.717) is 54.6 Å². The maximum Gasteiger partial charge on any atom is 0.410 e. The molecule has 2 aromatic carbocycles. The number of aromatic nitrogens is 4. The monoisotopic (exact) mass is 1010 g/mol. The fourth-order valence-corrected chi connectivity index (χ4v) is 8.24. The van der Waals surface area contributed by atoms with Crippen molar-refractivity contribution in [3.63, 3.8) is 0 Å². The first-order valence-electron chi connectivity index (χ1n) is 19.8. The van der Waals surface area contributed by atoms with Crippen molar-refractivity contribution in [1.29, 1.82) is 0 Å². The van der Waals surface area contributed by atoms with Crippen LogP contribution in [0.2, 0.25) is 5.02 Å². The lowest BCUT2D eigenvalue weighted by molar-refractivity contribution is 0.0991. The van der Waals surface area contributed by atoms with Crippen LogP contribution in [0.1, 0.15) is 59.5 Å². The minimum Gasteiger partial charge on any atom is -0.445 e. The molecular weight excluding hydrogens is 960 g/mol. The minimum atomic E-state index is -0.581. The van der Waals surface area contributed by atoms with Crippen LogP contribution in [0, 0.1) is 10.8 Å². The Kier molecular flexibility index (Phi) is 14.7. The molecule has 2 aliphatic heterocycles. The van der Waals surface area contributed by atoms with E-state index >= 15 is 0 Å². The highest BCUT2D eigenvalue weighted by Gasteiger charge is 2.43. The van der Waals surface area contributed by atoms with E-state index in [9.17, 15) is 19.2 Å². The van der Waals surface area contributed by atoms with Gasteiger partial charge in [-0.1, -0.05) is 100.0 Å². The van der Waals surface area contributed by atoms with Crippen LogP contribution in [0.15, 0.2) is 107 Å². The first-order valence-corrected chi connectivity index (χ1v) is 21.8. The Balaban J connectivity index is 0.000000174. The maximum absolute atomic E-state index is 12.7. The standard InChI is InChI=1S/C22H24BrN5O3.C14H20N2O2.C8H5BrClN3O/c1-22(2)13-27(21(30)31-12-14-6-4-3-5-7-14)11-18(22)26-19-16(20(24)29)9-25-28-10-15(23)8-17(19)28;1-14(2)10-16(8-12(14)15)13(17)18-9-11-6-4-3-5-7-11;9-4-1-6-7(10)5(8(11)14)2-12-13(6)3-4/h3-10,18,26H,11-13H2,1-2H3,(H2,24,29);3-7,12H,8-10,15H2,1-2H3;1-3H,(H2,11,14)/t18-;12-;/m11./s1. The molecule has 2 atom stereocenters. The van der Waals surface area contributed by atoms with Crippen molar-refractivity contribution in [2.45, 2.75) is 53.0 Å². The number of hydrogen-bond acceptors (Lipinski definition) is 10. The van der Waals surface area contributed by atoms with Crippen molar-refractivity contribution in [3.05, 3.63) is 134 Å². The first kappa shape index (κ1) is 46.8. The molecule has 0 radical (unpaired) electrons. The molecule has 2 fully saturated rings. The summed E-state index contributed by atoms with van der Waals surface area (Å²) in [7, 11) is 0. The van der Waals surface area contributed by atoms with E-state index in [1.54, 1.807) is 37.3 Å². The molecule has 2 aliphatic rings. The van der Waals surface area contributed by atoms with E-state index in [1.165, 1.54) is 12.4 Å². The van der Waals surface area contributed by atoms with Gasteiger partial charge in [0, 0.05) is 59.0 Å². The number of nitrogens with one attached hydrogen (secondary N) is 1. The molecule has 16 nitrogen and oxygen atoms in total. The summed E-state index contributed by atoms with van der Waals surface area (Å²) >= 11 is 12.7. The Bertz CT molecular complexity index is 2610. The second kappa shape index (κ2) is 19.8. The number of likely N-dealkylation sites (tertiary alicyclic amines) is 2. The molecule has 2 saturated heterocycles. The second-order valence-corrected chi connectivity index (χ2v) is 18.8. The van der Waals surface area contributed by atoms with Gasteiger partial charge in [0.15, 0.2) is 0 Å². The van der Waals surface area contributed by atoms with Crippen molar-refractivity contribution in [2.75, 3.05) is 31.5 Å². The van der Waals surface area contributed by atoms with E-state index < -0.39 is 11.8 Å². The predicted molar refractivity (Wildman–Crippen MR) is 247 cm³/mol. The molecule has 6 heterocycles. The van der Waals surface area contributed by atoms with E-state index in [2.05, 4.69) is 75.1 Å². The zero-order valence-electron chi connectivity index (χ0n) is 35.1. The lowest BCUT2D eigenvalue weighted by atomic mass is 9.87. The Morgan fingerprint density at radius 1 is 0.730 bits per heavy atom. The van der Waals surface area contributed by atoms with Gasteiger partial charge in [0.2, 0.25) is 0 Å². The number of carbonyl (C=O) groups is 4. The van der Waals surface area contributed by atoms with Gasteiger partial charge in [-0.15, -0.1) is 0 Å². The Morgan fingerprint density at radius 2 is 1.19 bits per heavy atom. The Labute approximate surface area is 386 Å². The smallest absolute Gasteiger partial charge is 0.410 e. The van der Waals surface area contributed by atoms with Gasteiger partial charge in [0.1, 0.15) is 13.2 Å². The zero-order chi connectivity index (χ0) is 45.6. The molecule has 0 aliphatic carbocycles. The summed E-state index contributed by atoms with van der Waals surface area (Å²) in [5.41, 5.74) is 20.9. The van der Waals surface area contributed by atoms with E-state index in [-0.39, 0.29) is 47.3 Å². The second-order valence-electron chi connectivity index (χ2n) is 16.6. The molecule has 4 amide bonds. The summed E-state index contributed by atoms with van der Waals surface area (Å²) in [6, 6.07) is 22.8. The number of halogens is 3. The van der Waals surface area contributed by atoms with Crippen molar-refractivity contribution < 1.29 is 28.7 Å². The zero-order valence-corrected chi connectivity index (χ0v) is 39.1. The number of hydrogen-bond donors (Lipinski definition) is 4. The number of rotatable bonds is 8. The van der Waals surface area contributed by atoms with Gasteiger partial charge in [-0.3, -0.25) is 9.59 Å². The molecule has 8 rings (SSSR count). The molecule has 7 N–H and O–H groups in total. The highest BCUT2D eigenvalue weighted by molar-refractivity contribution is 9.10. The molecule has 63 heavy (non-hydrogen) atoms. The van der Waals surface area contributed by atoms with Crippen LogP contribution in [-0.4, -0.2) is 91.3 Å². The molecular formula is C44H49Br2ClN10O6. The van der Waals surface area contributed by atoms with Gasteiger partial charge in [0.05, 0.1) is 51.3 Å². The van der Waals surface area contributed by atoms with Crippen molar-refractivity contribution in [2.24, 2.45) is 28.0 Å². The summed E-state index contributed by atoms with van der Waals surface area (Å²) in [5.74, 6) is -1.15. The van der Waals surface area contributed by atoms with E-state index in [0.717, 1.165) is 25.6 Å². The van der Waals surface area contributed by atoms with Crippen molar-refractivity contribution in [1.82, 2.24) is 29.0 Å². The number of fused-ring (bicyclic) bond motifs is 2. The topological polar surface area (TPSA) is 218 Å². The third kappa shape index (κ3) is 11.5. The van der Waals surface area contributed by atoms with Crippen molar-refractivity contribution in [3.8, 4) is 0 Å². The predicted octanol–water partition coefficient (Wildman–Crippen LogP) is 7.50. The van der Waals surface area contributed by atoms with Crippen LogP contribution in [0.3, 0.4) is 0 Å². The van der Waals surface area contributed by atoms with Crippen LogP contribution >= 0.6 is 43.5 Å². The van der Waals surface area contributed by atoms with Crippen LogP contribution in [0.4, 0.5) is 15.3 Å². The number of nitrogens with zero attached hydrogens (tertiary/aromatic N) is 6. The third-order valence-electron chi connectivity index (χ3n) is 10.9. The third-order valence-corrected chi connectivity index (χ3v) is 12.1. The number of anilines is 1. The van der Waals surface area contributed by atoms with Crippen LogP contribution < -0.4 is 22.5 Å². The lowest BCUT2D eigenvalue weighted by Gasteiger charge is -2.27. The fraction of sp³-hybridized carbons (Fsp3) is 0.318. The Morgan fingerprint density at radius 3 is 1.68 bits per heavy atom. The number of primary amides is 2. The largest absolute Gasteiger partial charge is 0.445 e. The van der Waals surface area contributed by atoms with Gasteiger partial charge in [0.25, 0.3) is 11.8 Å². The first-order chi connectivity index (χ1) is 29.8. The summed E-state index contributed by atoms with van der Waals surface area (Å²) in [4.78, 5) is 50.9. The molecule has 0 spiro atoms. The van der Waals surface area contributed by atoms with Gasteiger partial charge >= 0.3 is 12.2 Å². The van der Waals surface area contributed by atoms with Crippen LogP contribution in [0.25, 0.3) is 11.0 Å². The van der Waals surface area contributed by atoms with Gasteiger partial charge in [-0.2, -0.15) is 10.2 Å². The Hall–Kier alpha value is -5.69. The summed E-state index contributed by atoms with van der Waals surface area (Å²) in [5, 5.41) is 12.0. The average molecular weight is 1010 g/mol. The normalized spacial score (nSPS) is 17.3. The van der Waals surface area contributed by atoms with E-state index in [1.807, 2.05) is 66.7 Å². The van der Waals surface area contributed by atoms with Gasteiger partial charge in [-0.25, -0.2) is 18.6 Å². The maximum atomic E-state index is 12.7. The highest BCUT2D eigenvalue weighted by Crippen LogP contribution is 2.35. The summed E-state index contributed by atoms with van der Waals surface area (Å²) < 4.78 is 15.7.